The Morgan fingerprint density at radius 3 is 2.40 bits per heavy atom. The van der Waals surface area contributed by atoms with Gasteiger partial charge in [-0.25, -0.2) is 19.9 Å². The van der Waals surface area contributed by atoms with Crippen molar-refractivity contribution in [2.24, 2.45) is 0 Å². The average Bonchev–Trinajstić information content (AvgIpc) is 2.89. The zero-order valence-corrected chi connectivity index (χ0v) is 19.4. The molecule has 0 fully saturated rings. The monoisotopic (exact) mass is 477 g/mol. The van der Waals surface area contributed by atoms with E-state index in [0.717, 1.165) is 33.4 Å². The Morgan fingerprint density at radius 2 is 1.60 bits per heavy atom. The number of fused-ring (bicyclic) bond motifs is 2. The molecule has 3 aromatic carbocycles. The van der Waals surface area contributed by atoms with Gasteiger partial charge in [-0.2, -0.15) is 0 Å². The lowest BCUT2D eigenvalue weighted by molar-refractivity contribution is 0.0962. The summed E-state index contributed by atoms with van der Waals surface area (Å²) in [7, 11) is 0. The third-order valence-corrected chi connectivity index (χ3v) is 6.47. The van der Waals surface area contributed by atoms with Crippen LogP contribution in [0.4, 0.5) is 11.9 Å². The normalized spacial score (nSPS) is 15.1. The van der Waals surface area contributed by atoms with Crippen molar-refractivity contribution >= 4 is 40.2 Å². The van der Waals surface area contributed by atoms with Gasteiger partial charge in [0.1, 0.15) is 0 Å². The lowest BCUT2D eigenvalue weighted by atomic mass is 9.82. The van der Waals surface area contributed by atoms with E-state index in [2.05, 4.69) is 32.4 Å². The zero-order valence-electron chi connectivity index (χ0n) is 18.6. The molecule has 6 rings (SSSR count). The highest BCUT2D eigenvalue weighted by molar-refractivity contribution is 6.31. The van der Waals surface area contributed by atoms with E-state index in [9.17, 15) is 4.79 Å². The van der Waals surface area contributed by atoms with Crippen molar-refractivity contribution in [1.29, 1.82) is 0 Å². The van der Waals surface area contributed by atoms with Crippen LogP contribution >= 0.6 is 11.6 Å². The van der Waals surface area contributed by atoms with Crippen molar-refractivity contribution in [3.8, 4) is 11.3 Å². The molecule has 1 atom stereocenters. The second-order valence-electron chi connectivity index (χ2n) is 8.54. The summed E-state index contributed by atoms with van der Waals surface area (Å²) in [6.07, 6.45) is 2.74. The molecule has 2 aromatic heterocycles. The van der Waals surface area contributed by atoms with Gasteiger partial charge in [0.15, 0.2) is 5.78 Å². The number of carbonyl (C=O) groups is 1. The van der Waals surface area contributed by atoms with Crippen LogP contribution in [0.25, 0.3) is 22.2 Å². The SMILES string of the molecule is O=C1C[C@H](c2ccccc2)Cc2nc(Nc3nc(-c4ccccc4)c4cc(Cl)ccc4n3)ncc21. The minimum Gasteiger partial charge on any atom is -0.294 e. The first-order valence-electron chi connectivity index (χ1n) is 11.4. The summed E-state index contributed by atoms with van der Waals surface area (Å²) in [4.78, 5) is 31.3. The van der Waals surface area contributed by atoms with Crippen LogP contribution in [0.5, 0.6) is 0 Å². The van der Waals surface area contributed by atoms with Crippen LogP contribution in [-0.4, -0.2) is 25.7 Å². The Bertz CT molecular complexity index is 1560. The zero-order chi connectivity index (χ0) is 23.8. The van der Waals surface area contributed by atoms with Crippen LogP contribution in [0.15, 0.2) is 85.1 Å². The molecular formula is C28H20ClN5O. The molecule has 1 N–H and O–H groups in total. The molecule has 0 aliphatic heterocycles. The Balaban J connectivity index is 1.37. The molecule has 1 aliphatic rings. The van der Waals surface area contributed by atoms with E-state index in [1.807, 2.05) is 60.7 Å². The average molecular weight is 478 g/mol. The first kappa shape index (κ1) is 21.4. The van der Waals surface area contributed by atoms with Crippen LogP contribution in [0.3, 0.4) is 0 Å². The fraction of sp³-hybridized carbons (Fsp3) is 0.107. The molecule has 0 radical (unpaired) electrons. The maximum Gasteiger partial charge on any atom is 0.230 e. The molecule has 170 valence electrons. The van der Waals surface area contributed by atoms with Crippen molar-refractivity contribution in [2.45, 2.75) is 18.8 Å². The molecule has 2 heterocycles. The van der Waals surface area contributed by atoms with E-state index in [1.165, 1.54) is 0 Å². The Hall–Kier alpha value is -4.16. The second-order valence-corrected chi connectivity index (χ2v) is 8.98. The van der Waals surface area contributed by atoms with E-state index < -0.39 is 0 Å². The summed E-state index contributed by atoms with van der Waals surface area (Å²) in [6.45, 7) is 0. The largest absolute Gasteiger partial charge is 0.294 e. The van der Waals surface area contributed by atoms with Gasteiger partial charge in [0.2, 0.25) is 11.9 Å². The van der Waals surface area contributed by atoms with Crippen LogP contribution in [0.2, 0.25) is 5.02 Å². The maximum atomic E-state index is 12.8. The van der Waals surface area contributed by atoms with Crippen molar-refractivity contribution in [1.82, 2.24) is 19.9 Å². The van der Waals surface area contributed by atoms with Gasteiger partial charge < -0.3 is 0 Å². The number of nitrogens with one attached hydrogen (secondary N) is 1. The highest BCUT2D eigenvalue weighted by atomic mass is 35.5. The van der Waals surface area contributed by atoms with E-state index in [4.69, 9.17) is 16.6 Å². The standard InChI is InChI=1S/C28H20ClN5O/c29-20-11-12-23-21(15-20)26(18-9-5-2-6-10-18)33-28(31-23)34-27-30-16-22-24(32-27)13-19(14-25(22)35)17-7-3-1-4-8-17/h1-12,15-16,19H,13-14H2,(H,30,31,32,33,34)/t19-/m1/s1. The van der Waals surface area contributed by atoms with Crippen molar-refractivity contribution in [3.63, 3.8) is 0 Å². The minimum atomic E-state index is 0.0665. The number of hydrogen-bond donors (Lipinski definition) is 1. The molecular weight excluding hydrogens is 458 g/mol. The molecule has 1 aliphatic carbocycles. The Labute approximate surface area is 207 Å². The number of nitrogens with zero attached hydrogens (tertiary/aromatic N) is 4. The number of carbonyl (C=O) groups excluding carboxylic acids is 1. The quantitative estimate of drug-likeness (QED) is 0.322. The third-order valence-electron chi connectivity index (χ3n) is 6.24. The van der Waals surface area contributed by atoms with Gasteiger partial charge >= 0.3 is 0 Å². The van der Waals surface area contributed by atoms with Gasteiger partial charge in [-0.15, -0.1) is 0 Å². The van der Waals surface area contributed by atoms with Gasteiger partial charge in [-0.1, -0.05) is 72.3 Å². The predicted molar refractivity (Wildman–Crippen MR) is 137 cm³/mol. The van der Waals surface area contributed by atoms with E-state index in [-0.39, 0.29) is 11.7 Å². The minimum absolute atomic E-state index is 0.0665. The molecule has 0 spiro atoms. The number of hydrogen-bond acceptors (Lipinski definition) is 6. The number of anilines is 2. The first-order chi connectivity index (χ1) is 17.1. The number of aromatic nitrogens is 4. The van der Waals surface area contributed by atoms with Crippen LogP contribution in [-0.2, 0) is 6.42 Å². The molecule has 0 bridgehead atoms. The number of rotatable bonds is 4. The van der Waals surface area contributed by atoms with E-state index >= 15 is 0 Å². The topological polar surface area (TPSA) is 80.7 Å². The molecule has 7 heteroatoms. The molecule has 0 unspecified atom stereocenters. The summed E-state index contributed by atoms with van der Waals surface area (Å²) in [5.74, 6) is 0.903. The van der Waals surface area contributed by atoms with Crippen molar-refractivity contribution < 1.29 is 4.79 Å². The van der Waals surface area contributed by atoms with Gasteiger partial charge in [0.05, 0.1) is 22.5 Å². The molecule has 35 heavy (non-hydrogen) atoms. The molecule has 5 aromatic rings. The third kappa shape index (κ3) is 4.24. The number of ketones is 1. The lowest BCUT2D eigenvalue weighted by Crippen LogP contribution is -2.21. The number of benzene rings is 3. The van der Waals surface area contributed by atoms with Crippen LogP contribution in [0.1, 0.15) is 34.0 Å². The van der Waals surface area contributed by atoms with Crippen LogP contribution < -0.4 is 5.32 Å². The summed E-state index contributed by atoms with van der Waals surface area (Å²) >= 11 is 6.26. The maximum absolute atomic E-state index is 12.8. The van der Waals surface area contributed by atoms with E-state index in [1.54, 1.807) is 12.3 Å². The Morgan fingerprint density at radius 1 is 0.829 bits per heavy atom. The van der Waals surface area contributed by atoms with Gasteiger partial charge in [-0.3, -0.25) is 10.1 Å². The van der Waals surface area contributed by atoms with Gasteiger partial charge in [0, 0.05) is 28.6 Å². The fourth-order valence-electron chi connectivity index (χ4n) is 4.54. The Kier molecular flexibility index (Phi) is 5.43. The fourth-order valence-corrected chi connectivity index (χ4v) is 4.71. The first-order valence-corrected chi connectivity index (χ1v) is 11.8. The number of Topliss-reactive ketones (excluding diaryl/α,β-unsaturated/α-hetero) is 1. The van der Waals surface area contributed by atoms with Crippen molar-refractivity contribution in [3.05, 3.63) is 107 Å². The lowest BCUT2D eigenvalue weighted by Gasteiger charge is -2.23. The molecule has 0 amide bonds. The van der Waals surface area contributed by atoms with Crippen LogP contribution in [0, 0.1) is 0 Å². The molecule has 0 saturated heterocycles. The highest BCUT2D eigenvalue weighted by Gasteiger charge is 2.28. The highest BCUT2D eigenvalue weighted by Crippen LogP contribution is 2.33. The summed E-state index contributed by atoms with van der Waals surface area (Å²) < 4.78 is 0. The summed E-state index contributed by atoms with van der Waals surface area (Å²) in [6, 6.07) is 25.5. The van der Waals surface area contributed by atoms with Gasteiger partial charge in [-0.05, 0) is 36.1 Å². The molecule has 6 nitrogen and oxygen atoms in total. The number of halogens is 1. The predicted octanol–water partition coefficient (Wildman–Crippen LogP) is 6.40. The summed E-state index contributed by atoms with van der Waals surface area (Å²) in [5, 5.41) is 4.63. The second kappa shape index (κ2) is 8.89. The smallest absolute Gasteiger partial charge is 0.230 e. The van der Waals surface area contributed by atoms with Gasteiger partial charge in [0.25, 0.3) is 0 Å². The summed E-state index contributed by atoms with van der Waals surface area (Å²) in [5.41, 5.74) is 4.93. The molecule has 0 saturated carbocycles. The van der Waals surface area contributed by atoms with Crippen molar-refractivity contribution in [2.75, 3.05) is 5.32 Å². The van der Waals surface area contributed by atoms with E-state index in [0.29, 0.717) is 35.3 Å².